The number of hydrogen-bond donors (Lipinski definition) is 1. The van der Waals surface area contributed by atoms with Crippen molar-refractivity contribution < 1.29 is 28.5 Å². The van der Waals surface area contributed by atoms with Gasteiger partial charge in [-0.15, -0.1) is 0 Å². The first-order chi connectivity index (χ1) is 15.0. The topological polar surface area (TPSA) is 96.0 Å². The predicted molar refractivity (Wildman–Crippen MR) is 119 cm³/mol. The summed E-state index contributed by atoms with van der Waals surface area (Å²) in [5.74, 6) is 0.717. The summed E-state index contributed by atoms with van der Waals surface area (Å²) >= 11 is 1.27. The Hall–Kier alpha value is -3.59. The summed E-state index contributed by atoms with van der Waals surface area (Å²) in [7, 11) is 4.58. The molecule has 1 aromatic heterocycles. The Kier molecular flexibility index (Phi) is 7.09. The second-order valence-electron chi connectivity index (χ2n) is 6.20. The molecule has 0 atom stereocenters. The van der Waals surface area contributed by atoms with Crippen LogP contribution in [-0.2, 0) is 9.53 Å². The van der Waals surface area contributed by atoms with Crippen LogP contribution in [0.15, 0.2) is 36.4 Å². The number of hydrogen-bond acceptors (Lipinski definition) is 8. The molecule has 0 fully saturated rings. The highest BCUT2D eigenvalue weighted by Gasteiger charge is 2.13. The Morgan fingerprint density at radius 3 is 2.39 bits per heavy atom. The molecule has 0 aliphatic rings. The summed E-state index contributed by atoms with van der Waals surface area (Å²) in [4.78, 5) is 28.6. The summed E-state index contributed by atoms with van der Waals surface area (Å²) < 4.78 is 21.7. The molecule has 0 spiro atoms. The van der Waals surface area contributed by atoms with Gasteiger partial charge in [-0.1, -0.05) is 11.3 Å². The minimum absolute atomic E-state index is 0.305. The first-order valence-corrected chi connectivity index (χ1v) is 10.2. The van der Waals surface area contributed by atoms with Crippen LogP contribution in [0, 0.1) is 0 Å². The highest BCUT2D eigenvalue weighted by atomic mass is 32.1. The Morgan fingerprint density at radius 2 is 1.77 bits per heavy atom. The summed E-state index contributed by atoms with van der Waals surface area (Å²) in [5, 5.41) is 3.16. The second kappa shape index (κ2) is 9.94. The van der Waals surface area contributed by atoms with Crippen molar-refractivity contribution >= 4 is 44.6 Å². The fraction of sp³-hybridized carbons (Fsp3) is 0.227. The van der Waals surface area contributed by atoms with Crippen molar-refractivity contribution in [2.24, 2.45) is 0 Å². The molecule has 9 heteroatoms. The molecule has 162 valence electrons. The van der Waals surface area contributed by atoms with Gasteiger partial charge in [0.15, 0.2) is 16.6 Å². The van der Waals surface area contributed by atoms with E-state index in [-0.39, 0.29) is 5.91 Å². The van der Waals surface area contributed by atoms with E-state index in [4.69, 9.17) is 18.9 Å². The number of esters is 1. The van der Waals surface area contributed by atoms with Gasteiger partial charge in [0.2, 0.25) is 11.7 Å². The first kappa shape index (κ1) is 22.1. The second-order valence-corrected chi connectivity index (χ2v) is 7.23. The van der Waals surface area contributed by atoms with E-state index in [9.17, 15) is 9.59 Å². The average molecular weight is 442 g/mol. The maximum atomic E-state index is 12.4. The van der Waals surface area contributed by atoms with Crippen LogP contribution in [0.5, 0.6) is 17.2 Å². The van der Waals surface area contributed by atoms with Crippen LogP contribution in [0.1, 0.15) is 22.8 Å². The van der Waals surface area contributed by atoms with Crippen molar-refractivity contribution in [3.05, 3.63) is 47.5 Å². The SMILES string of the molecule is CCOC(=O)c1ccc2nc(NC(=O)C=Cc3cc(OC)c(OC)c(OC)c3)sc2c1. The number of benzene rings is 2. The maximum Gasteiger partial charge on any atom is 0.338 e. The molecule has 0 aliphatic carbocycles. The number of carbonyl (C=O) groups is 2. The van der Waals surface area contributed by atoms with Crippen LogP contribution in [-0.4, -0.2) is 44.8 Å². The lowest BCUT2D eigenvalue weighted by atomic mass is 10.1. The standard InChI is InChI=1S/C22H22N2O6S/c1-5-30-21(26)14-7-8-15-18(12-14)31-22(23-15)24-19(25)9-6-13-10-16(27-2)20(29-4)17(11-13)28-3/h6-12H,5H2,1-4H3,(H,23,24,25). The summed E-state index contributed by atoms with van der Waals surface area (Å²) in [6, 6.07) is 8.54. The lowest BCUT2D eigenvalue weighted by Gasteiger charge is -2.12. The van der Waals surface area contributed by atoms with Crippen LogP contribution < -0.4 is 19.5 Å². The number of methoxy groups -OCH3 is 3. The molecule has 0 aliphatic heterocycles. The van der Waals surface area contributed by atoms with Gasteiger partial charge >= 0.3 is 5.97 Å². The van der Waals surface area contributed by atoms with Crippen molar-refractivity contribution in [1.82, 2.24) is 4.98 Å². The molecule has 3 aromatic rings. The monoisotopic (exact) mass is 442 g/mol. The normalized spacial score (nSPS) is 10.8. The number of rotatable bonds is 8. The van der Waals surface area contributed by atoms with Crippen molar-refractivity contribution in [2.75, 3.05) is 33.3 Å². The number of amides is 1. The Morgan fingerprint density at radius 1 is 1.06 bits per heavy atom. The van der Waals surface area contributed by atoms with Gasteiger partial charge in [-0.3, -0.25) is 10.1 Å². The summed E-state index contributed by atoms with van der Waals surface area (Å²) in [6.45, 7) is 2.06. The molecule has 0 unspecified atom stereocenters. The fourth-order valence-corrected chi connectivity index (χ4v) is 3.74. The first-order valence-electron chi connectivity index (χ1n) is 9.35. The number of anilines is 1. The number of ether oxygens (including phenoxy) is 4. The van der Waals surface area contributed by atoms with Crippen LogP contribution in [0.3, 0.4) is 0 Å². The van der Waals surface area contributed by atoms with E-state index >= 15 is 0 Å². The fourth-order valence-electron chi connectivity index (χ4n) is 2.84. The third kappa shape index (κ3) is 5.13. The molecular formula is C22H22N2O6S. The van der Waals surface area contributed by atoms with Gasteiger partial charge in [-0.2, -0.15) is 0 Å². The Balaban J connectivity index is 1.75. The smallest absolute Gasteiger partial charge is 0.338 e. The number of carbonyl (C=O) groups excluding carboxylic acids is 2. The summed E-state index contributed by atoms with van der Waals surface area (Å²) in [5.41, 5.74) is 1.83. The molecule has 1 N–H and O–H groups in total. The molecule has 31 heavy (non-hydrogen) atoms. The third-order valence-electron chi connectivity index (χ3n) is 4.24. The van der Waals surface area contributed by atoms with E-state index in [1.807, 2.05) is 0 Å². The number of nitrogens with zero attached hydrogens (tertiary/aromatic N) is 1. The quantitative estimate of drug-likeness (QED) is 0.413. The lowest BCUT2D eigenvalue weighted by molar-refractivity contribution is -0.111. The molecule has 0 bridgehead atoms. The molecule has 0 radical (unpaired) electrons. The molecule has 0 saturated carbocycles. The van der Waals surface area contributed by atoms with Crippen molar-refractivity contribution in [3.8, 4) is 17.2 Å². The van der Waals surface area contributed by atoms with Crippen molar-refractivity contribution in [2.45, 2.75) is 6.92 Å². The van der Waals surface area contributed by atoms with E-state index in [2.05, 4.69) is 10.3 Å². The van der Waals surface area contributed by atoms with Gasteiger partial charge < -0.3 is 18.9 Å². The Labute approximate surface area is 183 Å². The molecular weight excluding hydrogens is 420 g/mol. The molecule has 1 heterocycles. The van der Waals surface area contributed by atoms with Crippen molar-refractivity contribution in [1.29, 1.82) is 0 Å². The molecule has 0 saturated heterocycles. The number of aromatic nitrogens is 1. The zero-order chi connectivity index (χ0) is 22.4. The molecule has 3 rings (SSSR count). The van der Waals surface area contributed by atoms with Crippen LogP contribution in [0.4, 0.5) is 5.13 Å². The maximum absolute atomic E-state index is 12.4. The van der Waals surface area contributed by atoms with Crippen molar-refractivity contribution in [3.63, 3.8) is 0 Å². The molecule has 1 amide bonds. The zero-order valence-corrected chi connectivity index (χ0v) is 18.4. The van der Waals surface area contributed by atoms with E-state index in [1.54, 1.807) is 43.3 Å². The van der Waals surface area contributed by atoms with E-state index in [0.29, 0.717) is 45.6 Å². The summed E-state index contributed by atoms with van der Waals surface area (Å²) in [6.07, 6.45) is 3.02. The highest BCUT2D eigenvalue weighted by molar-refractivity contribution is 7.22. The molecule has 8 nitrogen and oxygen atoms in total. The third-order valence-corrected chi connectivity index (χ3v) is 5.18. The van der Waals surface area contributed by atoms with Crippen LogP contribution in [0.2, 0.25) is 0 Å². The van der Waals surface area contributed by atoms with Crippen LogP contribution in [0.25, 0.3) is 16.3 Å². The van der Waals surface area contributed by atoms with E-state index in [1.165, 1.54) is 38.7 Å². The number of fused-ring (bicyclic) bond motifs is 1. The predicted octanol–water partition coefficient (Wildman–Crippen LogP) is 4.15. The van der Waals surface area contributed by atoms with Gasteiger partial charge in [-0.05, 0) is 48.9 Å². The van der Waals surface area contributed by atoms with Gasteiger partial charge in [0.1, 0.15) is 0 Å². The van der Waals surface area contributed by atoms with Crippen LogP contribution >= 0.6 is 11.3 Å². The minimum atomic E-state index is -0.392. The Bertz CT molecular complexity index is 1110. The largest absolute Gasteiger partial charge is 0.493 e. The van der Waals surface area contributed by atoms with Gasteiger partial charge in [0.25, 0.3) is 0 Å². The van der Waals surface area contributed by atoms with Gasteiger partial charge in [0.05, 0.1) is 43.7 Å². The minimum Gasteiger partial charge on any atom is -0.493 e. The van der Waals surface area contributed by atoms with E-state index in [0.717, 1.165) is 4.70 Å². The van der Waals surface area contributed by atoms with Gasteiger partial charge in [-0.25, -0.2) is 9.78 Å². The number of nitrogens with one attached hydrogen (secondary N) is 1. The zero-order valence-electron chi connectivity index (χ0n) is 17.6. The van der Waals surface area contributed by atoms with Gasteiger partial charge in [0, 0.05) is 6.08 Å². The highest BCUT2D eigenvalue weighted by Crippen LogP contribution is 2.38. The average Bonchev–Trinajstić information content (AvgIpc) is 3.18. The molecule has 2 aromatic carbocycles. The number of thiazole rings is 1. The lowest BCUT2D eigenvalue weighted by Crippen LogP contribution is -2.07. The van der Waals surface area contributed by atoms with E-state index < -0.39 is 5.97 Å².